The zero-order valence-electron chi connectivity index (χ0n) is 15.3. The van der Waals surface area contributed by atoms with Crippen LogP contribution in [0.5, 0.6) is 11.5 Å². The van der Waals surface area contributed by atoms with Crippen molar-refractivity contribution in [3.63, 3.8) is 0 Å². The van der Waals surface area contributed by atoms with Gasteiger partial charge in [-0.1, -0.05) is 25.1 Å². The molecule has 8 heteroatoms. The molecule has 0 bridgehead atoms. The highest BCUT2D eigenvalue weighted by atomic mass is 16.5. The summed E-state index contributed by atoms with van der Waals surface area (Å²) < 4.78 is 7.22. The molecule has 8 nitrogen and oxygen atoms in total. The summed E-state index contributed by atoms with van der Waals surface area (Å²) in [5.41, 5.74) is 0.605. The van der Waals surface area contributed by atoms with Crippen molar-refractivity contribution in [3.8, 4) is 11.5 Å². The number of fused-ring (bicyclic) bond motifs is 1. The van der Waals surface area contributed by atoms with Crippen molar-refractivity contribution >= 4 is 23.5 Å². The first-order valence-corrected chi connectivity index (χ1v) is 9.01. The minimum absolute atomic E-state index is 0.0144. The summed E-state index contributed by atoms with van der Waals surface area (Å²) >= 11 is 0. The topological polar surface area (TPSA) is 98.1 Å². The Morgan fingerprint density at radius 2 is 1.89 bits per heavy atom. The maximum absolute atomic E-state index is 12.7. The molecule has 0 spiro atoms. The van der Waals surface area contributed by atoms with E-state index in [2.05, 4.69) is 20.7 Å². The fourth-order valence-corrected chi connectivity index (χ4v) is 2.92. The van der Waals surface area contributed by atoms with Gasteiger partial charge in [-0.05, 0) is 36.4 Å². The van der Waals surface area contributed by atoms with Crippen LogP contribution in [0.2, 0.25) is 0 Å². The monoisotopic (exact) mass is 377 g/mol. The first kappa shape index (κ1) is 17.7. The van der Waals surface area contributed by atoms with E-state index >= 15 is 0 Å². The molecule has 0 radical (unpaired) electrons. The van der Waals surface area contributed by atoms with E-state index in [0.717, 1.165) is 5.75 Å². The quantitative estimate of drug-likeness (QED) is 0.712. The lowest BCUT2D eigenvalue weighted by molar-refractivity contribution is -0.125. The van der Waals surface area contributed by atoms with E-state index in [4.69, 9.17) is 4.74 Å². The number of amides is 2. The molecule has 2 amide bonds. The summed E-state index contributed by atoms with van der Waals surface area (Å²) in [4.78, 5) is 28.9. The van der Waals surface area contributed by atoms with Crippen LogP contribution < -0.4 is 15.4 Å². The maximum Gasteiger partial charge on any atom is 0.249 e. The lowest BCUT2D eigenvalue weighted by atomic mass is 10.1. The molecule has 2 aromatic carbocycles. The number of carbonyl (C=O) groups excluding carboxylic acids is 2. The second-order valence-corrected chi connectivity index (χ2v) is 6.35. The molecule has 3 aromatic rings. The summed E-state index contributed by atoms with van der Waals surface area (Å²) in [6.45, 7) is 1.91. The van der Waals surface area contributed by atoms with Gasteiger partial charge in [0.25, 0.3) is 0 Å². The molecule has 1 atom stereocenters. The highest BCUT2D eigenvalue weighted by Crippen LogP contribution is 2.26. The SMILES string of the molecule is CCc1nc2n(n1)[C@H](C(=O)Nc1ccc(Oc3ccccc3)cc1)CC(=O)N2. The minimum Gasteiger partial charge on any atom is -0.457 e. The average Bonchev–Trinajstić information content (AvgIpc) is 3.12. The zero-order chi connectivity index (χ0) is 19.5. The number of nitrogens with zero attached hydrogens (tertiary/aromatic N) is 3. The van der Waals surface area contributed by atoms with Crippen molar-refractivity contribution < 1.29 is 14.3 Å². The third-order valence-corrected chi connectivity index (χ3v) is 4.32. The highest BCUT2D eigenvalue weighted by Gasteiger charge is 2.32. The molecule has 0 saturated carbocycles. The Morgan fingerprint density at radius 3 is 2.61 bits per heavy atom. The van der Waals surface area contributed by atoms with Gasteiger partial charge in [-0.15, -0.1) is 0 Å². The molecule has 1 aromatic heterocycles. The first-order chi connectivity index (χ1) is 13.6. The van der Waals surface area contributed by atoms with Crippen LogP contribution in [-0.2, 0) is 16.0 Å². The van der Waals surface area contributed by atoms with Crippen molar-refractivity contribution in [2.45, 2.75) is 25.8 Å². The molecule has 2 N–H and O–H groups in total. The van der Waals surface area contributed by atoms with Gasteiger partial charge in [-0.25, -0.2) is 4.68 Å². The summed E-state index contributed by atoms with van der Waals surface area (Å²) in [7, 11) is 0. The Bertz CT molecular complexity index is 998. The normalized spacial score (nSPS) is 15.5. The van der Waals surface area contributed by atoms with E-state index in [1.54, 1.807) is 24.3 Å². The Kier molecular flexibility index (Phi) is 4.76. The summed E-state index contributed by atoms with van der Waals surface area (Å²) in [6, 6.07) is 15.7. The minimum atomic E-state index is -0.739. The smallest absolute Gasteiger partial charge is 0.249 e. The third kappa shape index (κ3) is 3.71. The van der Waals surface area contributed by atoms with Crippen molar-refractivity contribution in [1.82, 2.24) is 14.8 Å². The number of hydrogen-bond acceptors (Lipinski definition) is 5. The molecule has 1 aliphatic rings. The van der Waals surface area contributed by atoms with Crippen molar-refractivity contribution in [3.05, 3.63) is 60.4 Å². The molecule has 28 heavy (non-hydrogen) atoms. The predicted molar refractivity (Wildman–Crippen MR) is 103 cm³/mol. The number of anilines is 2. The van der Waals surface area contributed by atoms with Crippen molar-refractivity contribution in [2.75, 3.05) is 10.6 Å². The molecule has 4 rings (SSSR count). The number of aryl methyl sites for hydroxylation is 1. The number of nitrogens with one attached hydrogen (secondary N) is 2. The van der Waals surface area contributed by atoms with Gasteiger partial charge in [0.05, 0.1) is 6.42 Å². The fraction of sp³-hybridized carbons (Fsp3) is 0.200. The first-order valence-electron chi connectivity index (χ1n) is 9.01. The van der Waals surface area contributed by atoms with E-state index in [1.807, 2.05) is 37.3 Å². The number of hydrogen-bond donors (Lipinski definition) is 2. The third-order valence-electron chi connectivity index (χ3n) is 4.32. The van der Waals surface area contributed by atoms with E-state index in [1.165, 1.54) is 4.68 Å². The van der Waals surface area contributed by atoms with Crippen LogP contribution >= 0.6 is 0 Å². The standard InChI is InChI=1S/C20H19N5O3/c1-2-17-22-20-23-18(26)12-16(25(20)24-17)19(27)21-13-8-10-15(11-9-13)28-14-6-4-3-5-7-14/h3-11,16H,2,12H2,1H3,(H,21,27)(H,22,23,24,26)/t16-/m0/s1. The Labute approximate surface area is 161 Å². The molecular weight excluding hydrogens is 358 g/mol. The molecule has 0 fully saturated rings. The largest absolute Gasteiger partial charge is 0.457 e. The van der Waals surface area contributed by atoms with Crippen LogP contribution in [0.25, 0.3) is 0 Å². The zero-order valence-corrected chi connectivity index (χ0v) is 15.3. The van der Waals surface area contributed by atoms with E-state index in [9.17, 15) is 9.59 Å². The van der Waals surface area contributed by atoms with Gasteiger partial charge in [0.2, 0.25) is 17.8 Å². The second-order valence-electron chi connectivity index (χ2n) is 6.35. The molecule has 0 unspecified atom stereocenters. The fourth-order valence-electron chi connectivity index (χ4n) is 2.92. The van der Waals surface area contributed by atoms with Crippen LogP contribution in [0.4, 0.5) is 11.6 Å². The maximum atomic E-state index is 12.7. The van der Waals surface area contributed by atoms with Gasteiger partial charge in [0, 0.05) is 12.1 Å². The molecule has 142 valence electrons. The summed E-state index contributed by atoms with van der Waals surface area (Å²) in [5.74, 6) is 1.71. The molecule has 0 aliphatic carbocycles. The predicted octanol–water partition coefficient (Wildman–Crippen LogP) is 3.15. The lowest BCUT2D eigenvalue weighted by Gasteiger charge is -2.22. The number of rotatable bonds is 5. The molecular formula is C20H19N5O3. The highest BCUT2D eigenvalue weighted by molar-refractivity contribution is 6.00. The Morgan fingerprint density at radius 1 is 1.18 bits per heavy atom. The Balaban J connectivity index is 1.46. The summed E-state index contributed by atoms with van der Waals surface area (Å²) in [6.07, 6.45) is 0.633. The van der Waals surface area contributed by atoms with E-state index in [0.29, 0.717) is 29.6 Å². The second kappa shape index (κ2) is 7.51. The summed E-state index contributed by atoms with van der Waals surface area (Å²) in [5, 5.41) is 9.79. The van der Waals surface area contributed by atoms with Crippen LogP contribution in [0.3, 0.4) is 0 Å². The average molecular weight is 377 g/mol. The lowest BCUT2D eigenvalue weighted by Crippen LogP contribution is -2.36. The number of para-hydroxylation sites is 1. The molecule has 2 heterocycles. The van der Waals surface area contributed by atoms with Gasteiger partial charge in [0.1, 0.15) is 17.5 Å². The number of ether oxygens (including phenoxy) is 1. The molecule has 0 saturated heterocycles. The van der Waals surface area contributed by atoms with Crippen molar-refractivity contribution in [1.29, 1.82) is 0 Å². The number of aromatic nitrogens is 3. The van der Waals surface area contributed by atoms with Crippen LogP contribution in [0.15, 0.2) is 54.6 Å². The number of carbonyl (C=O) groups is 2. The van der Waals surface area contributed by atoms with Gasteiger partial charge < -0.3 is 10.1 Å². The number of benzene rings is 2. The van der Waals surface area contributed by atoms with Crippen LogP contribution in [-0.4, -0.2) is 26.6 Å². The Hall–Kier alpha value is -3.68. The molecule has 1 aliphatic heterocycles. The van der Waals surface area contributed by atoms with Gasteiger partial charge in [-0.2, -0.15) is 10.1 Å². The van der Waals surface area contributed by atoms with Crippen LogP contribution in [0, 0.1) is 0 Å². The van der Waals surface area contributed by atoms with Crippen molar-refractivity contribution in [2.24, 2.45) is 0 Å². The van der Waals surface area contributed by atoms with E-state index in [-0.39, 0.29) is 18.2 Å². The van der Waals surface area contributed by atoms with E-state index < -0.39 is 6.04 Å². The van der Waals surface area contributed by atoms with Gasteiger partial charge >= 0.3 is 0 Å². The van der Waals surface area contributed by atoms with Gasteiger partial charge in [0.15, 0.2) is 5.82 Å². The van der Waals surface area contributed by atoms with Crippen LogP contribution in [0.1, 0.15) is 25.2 Å². The van der Waals surface area contributed by atoms with Gasteiger partial charge in [-0.3, -0.25) is 14.9 Å².